The number of hydrazine groups is 1. The molecule has 0 bridgehead atoms. The summed E-state index contributed by atoms with van der Waals surface area (Å²) in [6, 6.07) is 0. The zero-order valence-corrected chi connectivity index (χ0v) is 9.80. The first-order valence-electron chi connectivity index (χ1n) is 4.84. The van der Waals surface area contributed by atoms with Gasteiger partial charge in [-0.25, -0.2) is 10.8 Å². The lowest BCUT2D eigenvalue weighted by Gasteiger charge is -2.22. The number of carbonyl (C=O) groups excluding carboxylic acids is 1. The van der Waals surface area contributed by atoms with Gasteiger partial charge in [0.2, 0.25) is 17.7 Å². The Bertz CT molecular complexity index is 488. The summed E-state index contributed by atoms with van der Waals surface area (Å²) in [4.78, 5) is 28.7. The molecule has 0 unspecified atom stereocenters. The molecule has 1 amide bonds. The molecule has 0 spiro atoms. The Hall–Kier alpha value is -2.49. The van der Waals surface area contributed by atoms with E-state index in [2.05, 4.69) is 20.7 Å². The smallest absolute Gasteiger partial charge is 0.329 e. The molecule has 1 heterocycles. The minimum Gasteiger partial charge on any atom is -0.368 e. The highest BCUT2D eigenvalue weighted by molar-refractivity contribution is 5.87. The molecule has 0 saturated carbocycles. The third kappa shape index (κ3) is 2.79. The van der Waals surface area contributed by atoms with Crippen LogP contribution in [0, 0.1) is 10.1 Å². The fourth-order valence-electron chi connectivity index (χ4n) is 1.03. The molecule has 0 aliphatic rings. The van der Waals surface area contributed by atoms with Gasteiger partial charge in [-0.3, -0.25) is 20.3 Å². The van der Waals surface area contributed by atoms with E-state index >= 15 is 0 Å². The lowest BCUT2D eigenvalue weighted by Crippen LogP contribution is -2.45. The van der Waals surface area contributed by atoms with E-state index in [0.717, 1.165) is 6.20 Å². The van der Waals surface area contributed by atoms with Crippen molar-refractivity contribution in [3.63, 3.8) is 0 Å². The number of aromatic nitrogens is 2. The average molecular weight is 255 g/mol. The van der Waals surface area contributed by atoms with Gasteiger partial charge in [-0.1, -0.05) is 0 Å². The molecule has 1 rings (SSSR count). The highest BCUT2D eigenvalue weighted by Crippen LogP contribution is 2.24. The van der Waals surface area contributed by atoms with Crippen LogP contribution in [-0.4, -0.2) is 26.3 Å². The monoisotopic (exact) mass is 255 g/mol. The summed E-state index contributed by atoms with van der Waals surface area (Å²) >= 11 is 0. The number of nitrogens with one attached hydrogen (secondary N) is 2. The maximum absolute atomic E-state index is 11.2. The van der Waals surface area contributed by atoms with Crippen molar-refractivity contribution >= 4 is 23.4 Å². The lowest BCUT2D eigenvalue weighted by atomic mass is 10.1. The number of nitrogen functional groups attached to an aromatic ring is 1. The van der Waals surface area contributed by atoms with Gasteiger partial charge in [0, 0.05) is 0 Å². The largest absolute Gasteiger partial charge is 0.368 e. The van der Waals surface area contributed by atoms with Crippen LogP contribution in [0.25, 0.3) is 0 Å². The van der Waals surface area contributed by atoms with Gasteiger partial charge in [0.15, 0.2) is 0 Å². The van der Waals surface area contributed by atoms with Crippen LogP contribution in [0.2, 0.25) is 0 Å². The molecule has 0 aromatic carbocycles. The first-order chi connectivity index (χ1) is 8.27. The summed E-state index contributed by atoms with van der Waals surface area (Å²) in [5.74, 6) is 4.25. The highest BCUT2D eigenvalue weighted by atomic mass is 16.6. The molecule has 0 saturated heterocycles. The molecule has 98 valence electrons. The molecular formula is C8H13N7O3. The first kappa shape index (κ1) is 13.6. The number of hydrogen-bond donors (Lipinski definition) is 4. The van der Waals surface area contributed by atoms with Gasteiger partial charge in [0.25, 0.3) is 0 Å². The third-order valence-corrected chi connectivity index (χ3v) is 2.14. The predicted molar refractivity (Wildman–Crippen MR) is 63.4 cm³/mol. The van der Waals surface area contributed by atoms with Crippen LogP contribution in [0.5, 0.6) is 0 Å². The molecule has 10 nitrogen and oxygen atoms in total. The first-order valence-corrected chi connectivity index (χ1v) is 4.84. The SMILES string of the molecule is CC(C)(Nc1nc(NN)ncc1[N+](=O)[O-])C(N)=O. The molecule has 6 N–H and O–H groups in total. The minimum atomic E-state index is -1.20. The Labute approximate surface area is 102 Å². The summed E-state index contributed by atoms with van der Waals surface area (Å²) in [6.07, 6.45) is 0.974. The van der Waals surface area contributed by atoms with Crippen molar-refractivity contribution in [2.24, 2.45) is 11.6 Å². The van der Waals surface area contributed by atoms with Crippen molar-refractivity contribution in [1.29, 1.82) is 0 Å². The van der Waals surface area contributed by atoms with Gasteiger partial charge in [0.05, 0.1) is 4.92 Å². The molecule has 18 heavy (non-hydrogen) atoms. The standard InChI is InChI=1S/C8H13N7O3/c1-8(2,6(9)16)13-5-4(15(17)18)3-11-7(12-5)14-10/h3H,10H2,1-2H3,(H2,9,16)(H2,11,12,13,14). The topological polar surface area (TPSA) is 162 Å². The number of carbonyl (C=O) groups is 1. The molecule has 0 atom stereocenters. The minimum absolute atomic E-state index is 0.0247. The van der Waals surface area contributed by atoms with Crippen molar-refractivity contribution in [1.82, 2.24) is 9.97 Å². The van der Waals surface area contributed by atoms with E-state index in [1.54, 1.807) is 0 Å². The predicted octanol–water partition coefficient (Wildman–Crippen LogP) is -0.654. The molecule has 1 aromatic heterocycles. The molecule has 0 fully saturated rings. The van der Waals surface area contributed by atoms with E-state index in [4.69, 9.17) is 11.6 Å². The Balaban J connectivity index is 3.20. The average Bonchev–Trinajstić information content (AvgIpc) is 2.27. The van der Waals surface area contributed by atoms with Crippen LogP contribution < -0.4 is 22.3 Å². The van der Waals surface area contributed by atoms with Gasteiger partial charge in [-0.2, -0.15) is 4.98 Å². The van der Waals surface area contributed by atoms with E-state index in [9.17, 15) is 14.9 Å². The van der Waals surface area contributed by atoms with Gasteiger partial charge < -0.3 is 11.1 Å². The zero-order valence-electron chi connectivity index (χ0n) is 9.80. The van der Waals surface area contributed by atoms with Crippen molar-refractivity contribution < 1.29 is 9.72 Å². The van der Waals surface area contributed by atoms with Crippen molar-refractivity contribution in [3.8, 4) is 0 Å². The zero-order chi connectivity index (χ0) is 13.9. The summed E-state index contributed by atoms with van der Waals surface area (Å²) < 4.78 is 0. The normalized spacial score (nSPS) is 10.8. The van der Waals surface area contributed by atoms with E-state index in [-0.39, 0.29) is 17.5 Å². The molecule has 1 aromatic rings. The fraction of sp³-hybridized carbons (Fsp3) is 0.375. The molecule has 0 radical (unpaired) electrons. The van der Waals surface area contributed by atoms with Crippen LogP contribution in [0.15, 0.2) is 6.20 Å². The Morgan fingerprint density at radius 2 is 2.17 bits per heavy atom. The fourth-order valence-corrected chi connectivity index (χ4v) is 1.03. The number of nitrogens with zero attached hydrogens (tertiary/aromatic N) is 3. The number of nitrogens with two attached hydrogens (primary N) is 2. The van der Waals surface area contributed by atoms with Crippen molar-refractivity contribution in [2.45, 2.75) is 19.4 Å². The molecule has 0 aliphatic heterocycles. The van der Waals surface area contributed by atoms with Crippen molar-refractivity contribution in [3.05, 3.63) is 16.3 Å². The van der Waals surface area contributed by atoms with Gasteiger partial charge in [-0.15, -0.1) is 0 Å². The Kier molecular flexibility index (Phi) is 3.61. The number of hydrogen-bond acceptors (Lipinski definition) is 8. The van der Waals surface area contributed by atoms with Crippen LogP contribution in [0.3, 0.4) is 0 Å². The van der Waals surface area contributed by atoms with Crippen LogP contribution in [-0.2, 0) is 4.79 Å². The van der Waals surface area contributed by atoms with Crippen LogP contribution in [0.1, 0.15) is 13.8 Å². The highest BCUT2D eigenvalue weighted by Gasteiger charge is 2.29. The Morgan fingerprint density at radius 1 is 1.56 bits per heavy atom. The van der Waals surface area contributed by atoms with Crippen LogP contribution in [0.4, 0.5) is 17.5 Å². The number of amides is 1. The molecule has 10 heteroatoms. The number of nitro groups is 1. The summed E-state index contributed by atoms with van der Waals surface area (Å²) in [5, 5.41) is 13.4. The Morgan fingerprint density at radius 3 is 2.61 bits per heavy atom. The summed E-state index contributed by atoms with van der Waals surface area (Å²) in [6.45, 7) is 2.94. The third-order valence-electron chi connectivity index (χ3n) is 2.14. The quantitative estimate of drug-likeness (QED) is 0.306. The van der Waals surface area contributed by atoms with E-state index in [0.29, 0.717) is 0 Å². The summed E-state index contributed by atoms with van der Waals surface area (Å²) in [7, 11) is 0. The number of anilines is 2. The molecular weight excluding hydrogens is 242 g/mol. The van der Waals surface area contributed by atoms with E-state index < -0.39 is 16.4 Å². The van der Waals surface area contributed by atoms with Gasteiger partial charge in [-0.05, 0) is 13.8 Å². The summed E-state index contributed by atoms with van der Waals surface area (Å²) in [5.41, 5.74) is 5.72. The van der Waals surface area contributed by atoms with Crippen LogP contribution >= 0.6 is 0 Å². The molecule has 0 aliphatic carbocycles. The van der Waals surface area contributed by atoms with Crippen molar-refractivity contribution in [2.75, 3.05) is 10.7 Å². The van der Waals surface area contributed by atoms with Gasteiger partial charge in [0.1, 0.15) is 11.7 Å². The second kappa shape index (κ2) is 4.79. The number of rotatable bonds is 5. The lowest BCUT2D eigenvalue weighted by molar-refractivity contribution is -0.384. The second-order valence-electron chi connectivity index (χ2n) is 3.94. The maximum Gasteiger partial charge on any atom is 0.329 e. The van der Waals surface area contributed by atoms with E-state index in [1.165, 1.54) is 13.8 Å². The van der Waals surface area contributed by atoms with E-state index in [1.807, 2.05) is 0 Å². The second-order valence-corrected chi connectivity index (χ2v) is 3.94. The van der Waals surface area contributed by atoms with Gasteiger partial charge >= 0.3 is 5.69 Å². The maximum atomic E-state index is 11.2. The number of primary amides is 1.